The van der Waals surface area contributed by atoms with E-state index in [2.05, 4.69) is 14.7 Å². The van der Waals surface area contributed by atoms with Gasteiger partial charge in [0.15, 0.2) is 0 Å². The van der Waals surface area contributed by atoms with E-state index in [0.29, 0.717) is 28.7 Å². The Kier molecular flexibility index (Phi) is 6.95. The van der Waals surface area contributed by atoms with Crippen LogP contribution in [0, 0.1) is 5.82 Å². The largest absolute Gasteiger partial charge is 0.478 e. The van der Waals surface area contributed by atoms with E-state index in [9.17, 15) is 19.1 Å². The lowest BCUT2D eigenvalue weighted by atomic mass is 10.0. The third-order valence-corrected chi connectivity index (χ3v) is 7.24. The molecule has 0 atom stereocenters. The van der Waals surface area contributed by atoms with Crippen molar-refractivity contribution in [3.8, 4) is 5.69 Å². The molecule has 0 spiro atoms. The first-order valence-electron chi connectivity index (χ1n) is 12.3. The van der Waals surface area contributed by atoms with Gasteiger partial charge in [0.25, 0.3) is 5.56 Å². The van der Waals surface area contributed by atoms with Crippen LogP contribution in [-0.4, -0.2) is 82.7 Å². The first kappa shape index (κ1) is 23.7. The van der Waals surface area contributed by atoms with E-state index >= 15 is 0 Å². The zero-order valence-corrected chi connectivity index (χ0v) is 19.8. The van der Waals surface area contributed by atoms with Crippen LogP contribution in [0.4, 0.5) is 4.39 Å². The van der Waals surface area contributed by atoms with E-state index < -0.39 is 11.8 Å². The van der Waals surface area contributed by atoms with Crippen LogP contribution in [0.5, 0.6) is 0 Å². The number of halogens is 1. The molecule has 5 rings (SSSR count). The van der Waals surface area contributed by atoms with E-state index in [0.717, 1.165) is 39.3 Å². The average molecular weight is 479 g/mol. The molecule has 2 saturated heterocycles. The number of benzene rings is 2. The third kappa shape index (κ3) is 5.00. The summed E-state index contributed by atoms with van der Waals surface area (Å²) in [6.07, 6.45) is 2.58. The lowest BCUT2D eigenvalue weighted by Crippen LogP contribution is -2.48. The molecule has 2 aromatic carbocycles. The van der Waals surface area contributed by atoms with Gasteiger partial charge in [-0.05, 0) is 50.2 Å². The molecule has 0 unspecified atom stereocenters. The molecule has 2 aliphatic rings. The average Bonchev–Trinajstić information content (AvgIpc) is 3.37. The molecule has 0 amide bonds. The molecular formula is C27H31FN4O3. The van der Waals surface area contributed by atoms with Gasteiger partial charge in [-0.3, -0.25) is 19.2 Å². The Morgan fingerprint density at radius 3 is 2.11 bits per heavy atom. The monoisotopic (exact) mass is 478 g/mol. The minimum Gasteiger partial charge on any atom is -0.478 e. The number of rotatable bonds is 7. The Morgan fingerprint density at radius 2 is 1.46 bits per heavy atom. The van der Waals surface area contributed by atoms with Crippen molar-refractivity contribution in [2.45, 2.75) is 19.4 Å². The summed E-state index contributed by atoms with van der Waals surface area (Å²) in [5.41, 5.74) is 0.483. The zero-order chi connectivity index (χ0) is 24.4. The fraction of sp³-hybridized carbons (Fsp3) is 0.407. The second-order valence-electron chi connectivity index (χ2n) is 9.46. The van der Waals surface area contributed by atoms with Crippen LogP contribution in [0.1, 0.15) is 28.9 Å². The highest BCUT2D eigenvalue weighted by Crippen LogP contribution is 2.25. The molecule has 0 saturated carbocycles. The maximum atomic E-state index is 14.1. The van der Waals surface area contributed by atoms with Gasteiger partial charge in [-0.2, -0.15) is 0 Å². The minimum absolute atomic E-state index is 0.0981. The number of carbonyl (C=O) groups is 1. The molecule has 2 aliphatic heterocycles. The van der Waals surface area contributed by atoms with Crippen molar-refractivity contribution in [1.82, 2.24) is 19.3 Å². The fourth-order valence-corrected chi connectivity index (χ4v) is 5.35. The number of fused-ring (bicyclic) bond motifs is 1. The quantitative estimate of drug-likeness (QED) is 0.563. The van der Waals surface area contributed by atoms with Crippen LogP contribution in [0.3, 0.4) is 0 Å². The maximum Gasteiger partial charge on any atom is 0.338 e. The van der Waals surface area contributed by atoms with Crippen LogP contribution >= 0.6 is 0 Å². The van der Waals surface area contributed by atoms with Gasteiger partial charge in [0.1, 0.15) is 5.82 Å². The molecular weight excluding hydrogens is 447 g/mol. The van der Waals surface area contributed by atoms with Gasteiger partial charge in [-0.1, -0.05) is 24.3 Å². The predicted molar refractivity (Wildman–Crippen MR) is 134 cm³/mol. The Labute approximate surface area is 204 Å². The standard InChI is InChI=1S/C27H31FN4O3/c28-20-6-5-7-21(18-20)32-24(25(27(34)35)22-8-1-2-9-23(22)26(32)33)19-31-16-14-30(15-17-31)13-12-29-10-3-4-11-29/h1-2,5-9,18H,3-4,10-17,19H2,(H,34,35). The highest BCUT2D eigenvalue weighted by Gasteiger charge is 2.26. The molecule has 0 aliphatic carbocycles. The van der Waals surface area contributed by atoms with Crippen LogP contribution in [0.15, 0.2) is 53.3 Å². The van der Waals surface area contributed by atoms with E-state index in [1.165, 1.54) is 48.7 Å². The van der Waals surface area contributed by atoms with E-state index in [1.54, 1.807) is 30.3 Å². The topological polar surface area (TPSA) is 69.0 Å². The molecule has 1 aromatic heterocycles. The summed E-state index contributed by atoms with van der Waals surface area (Å²) in [7, 11) is 0. The number of hydrogen-bond donors (Lipinski definition) is 1. The van der Waals surface area contributed by atoms with Crippen molar-refractivity contribution in [1.29, 1.82) is 0 Å². The number of aromatic nitrogens is 1. The van der Waals surface area contributed by atoms with E-state index in [-0.39, 0.29) is 11.1 Å². The number of carboxylic acids is 1. The first-order chi connectivity index (χ1) is 17.0. The summed E-state index contributed by atoms with van der Waals surface area (Å²) >= 11 is 0. The van der Waals surface area contributed by atoms with Crippen molar-refractivity contribution in [3.63, 3.8) is 0 Å². The van der Waals surface area contributed by atoms with Gasteiger partial charge in [-0.15, -0.1) is 0 Å². The molecule has 7 nitrogen and oxygen atoms in total. The molecule has 1 N–H and O–H groups in total. The van der Waals surface area contributed by atoms with Crippen LogP contribution in [-0.2, 0) is 6.54 Å². The molecule has 2 fully saturated rings. The van der Waals surface area contributed by atoms with E-state index in [4.69, 9.17) is 0 Å². The normalized spacial score (nSPS) is 17.9. The Hall–Kier alpha value is -3.07. The zero-order valence-electron chi connectivity index (χ0n) is 19.8. The van der Waals surface area contributed by atoms with Crippen molar-refractivity contribution in [2.75, 3.05) is 52.4 Å². The number of aromatic carboxylic acids is 1. The van der Waals surface area contributed by atoms with Crippen LogP contribution < -0.4 is 5.56 Å². The number of likely N-dealkylation sites (tertiary alicyclic amines) is 1. The van der Waals surface area contributed by atoms with Crippen molar-refractivity contribution in [3.05, 3.63) is 76.0 Å². The van der Waals surface area contributed by atoms with Gasteiger partial charge in [-0.25, -0.2) is 9.18 Å². The second-order valence-corrected chi connectivity index (χ2v) is 9.46. The van der Waals surface area contributed by atoms with Gasteiger partial charge >= 0.3 is 5.97 Å². The summed E-state index contributed by atoms with van der Waals surface area (Å²) in [5.74, 6) is -1.57. The molecule has 0 bridgehead atoms. The number of nitrogens with zero attached hydrogens (tertiary/aromatic N) is 4. The Morgan fingerprint density at radius 1 is 0.829 bits per heavy atom. The van der Waals surface area contributed by atoms with Gasteiger partial charge < -0.3 is 10.0 Å². The maximum absolute atomic E-state index is 14.1. The van der Waals surface area contributed by atoms with Gasteiger partial charge in [0, 0.05) is 56.6 Å². The van der Waals surface area contributed by atoms with Crippen LogP contribution in [0.25, 0.3) is 16.5 Å². The van der Waals surface area contributed by atoms with Crippen molar-refractivity contribution >= 4 is 16.7 Å². The molecule has 0 radical (unpaired) electrons. The lowest BCUT2D eigenvalue weighted by molar-refractivity contribution is 0.0693. The molecule has 3 heterocycles. The molecule has 8 heteroatoms. The summed E-state index contributed by atoms with van der Waals surface area (Å²) in [6.45, 7) is 8.17. The van der Waals surface area contributed by atoms with Crippen LogP contribution in [0.2, 0.25) is 0 Å². The summed E-state index contributed by atoms with van der Waals surface area (Å²) in [5, 5.41) is 10.9. The summed E-state index contributed by atoms with van der Waals surface area (Å²) < 4.78 is 15.5. The highest BCUT2D eigenvalue weighted by atomic mass is 19.1. The summed E-state index contributed by atoms with van der Waals surface area (Å²) in [4.78, 5) is 33.2. The van der Waals surface area contributed by atoms with Crippen molar-refractivity contribution < 1.29 is 14.3 Å². The van der Waals surface area contributed by atoms with E-state index in [1.807, 2.05) is 0 Å². The Balaban J connectivity index is 1.46. The van der Waals surface area contributed by atoms with Gasteiger partial charge in [0.05, 0.1) is 16.9 Å². The number of pyridine rings is 1. The third-order valence-electron chi connectivity index (χ3n) is 7.24. The number of hydrogen-bond acceptors (Lipinski definition) is 5. The number of carboxylic acid groups (broad SMARTS) is 1. The van der Waals surface area contributed by atoms with Crippen molar-refractivity contribution in [2.24, 2.45) is 0 Å². The highest BCUT2D eigenvalue weighted by molar-refractivity contribution is 6.04. The Bertz CT molecular complexity index is 1280. The molecule has 3 aromatic rings. The second kappa shape index (κ2) is 10.3. The molecule has 35 heavy (non-hydrogen) atoms. The molecule has 184 valence electrons. The fourth-order valence-electron chi connectivity index (χ4n) is 5.35. The smallest absolute Gasteiger partial charge is 0.338 e. The summed E-state index contributed by atoms with van der Waals surface area (Å²) in [6, 6.07) is 12.5. The number of piperazine rings is 1. The SMILES string of the molecule is O=C(O)c1c(CN2CCN(CCN3CCCC3)CC2)n(-c2cccc(F)c2)c(=O)c2ccccc12. The minimum atomic E-state index is -1.09. The predicted octanol–water partition coefficient (Wildman–Crippen LogP) is 3.04. The van der Waals surface area contributed by atoms with Gasteiger partial charge in [0.2, 0.25) is 0 Å². The lowest BCUT2D eigenvalue weighted by Gasteiger charge is -2.36. The first-order valence-corrected chi connectivity index (χ1v) is 12.3.